The number of methoxy groups -OCH3 is 1. The topological polar surface area (TPSA) is 87.7 Å². The number of hydrogen-bond donors (Lipinski definition) is 2. The van der Waals surface area contributed by atoms with Crippen LogP contribution in [0.5, 0.6) is 5.75 Å². The first-order chi connectivity index (χ1) is 14.7. The summed E-state index contributed by atoms with van der Waals surface area (Å²) in [6.45, 7) is 9.68. The number of likely N-dealkylation sites (N-methyl/N-ethyl adjacent to an activating group) is 1. The van der Waals surface area contributed by atoms with Gasteiger partial charge < -0.3 is 10.1 Å². The van der Waals surface area contributed by atoms with Crippen LogP contribution in [0, 0.1) is 0 Å². The Kier molecular flexibility index (Phi) is 9.03. The van der Waals surface area contributed by atoms with Gasteiger partial charge in [0.25, 0.3) is 5.91 Å². The lowest BCUT2D eigenvalue weighted by Gasteiger charge is -2.30. The lowest BCUT2D eigenvalue weighted by Crippen LogP contribution is -2.38. The van der Waals surface area contributed by atoms with Crippen molar-refractivity contribution in [3.63, 3.8) is 0 Å². The minimum Gasteiger partial charge on any atom is -0.497 e. The van der Waals surface area contributed by atoms with E-state index < -0.39 is 10.0 Å². The Balaban J connectivity index is 2.22. The molecule has 0 aliphatic carbocycles. The third-order valence-electron chi connectivity index (χ3n) is 4.99. The van der Waals surface area contributed by atoms with Crippen LogP contribution < -0.4 is 14.8 Å². The lowest BCUT2D eigenvalue weighted by atomic mass is 10.0. The number of nitrogens with one attached hydrogen (secondary N) is 2. The van der Waals surface area contributed by atoms with E-state index >= 15 is 0 Å². The molecule has 1 atom stereocenters. The summed E-state index contributed by atoms with van der Waals surface area (Å²) in [5.41, 5.74) is 1.34. The second kappa shape index (κ2) is 11.3. The molecule has 8 heteroatoms. The van der Waals surface area contributed by atoms with Crippen LogP contribution in [0.4, 0.5) is 0 Å². The SMILES string of the molecule is CCN(CC)C(CNC(=O)c1cccc(S(=O)(=O)NC(C)C)c1)c1cccc(OC)c1. The van der Waals surface area contributed by atoms with Crippen LogP contribution in [-0.4, -0.2) is 52.0 Å². The molecule has 0 saturated carbocycles. The minimum absolute atomic E-state index is 0.0384. The average molecular weight is 448 g/mol. The van der Waals surface area contributed by atoms with E-state index in [1.165, 1.54) is 12.1 Å². The van der Waals surface area contributed by atoms with Gasteiger partial charge in [0.2, 0.25) is 10.0 Å². The first kappa shape index (κ1) is 24.8. The maximum absolute atomic E-state index is 12.8. The molecule has 2 aromatic rings. The highest BCUT2D eigenvalue weighted by atomic mass is 32.2. The second-order valence-electron chi connectivity index (χ2n) is 7.53. The quantitative estimate of drug-likeness (QED) is 0.552. The molecule has 0 bridgehead atoms. The highest BCUT2D eigenvalue weighted by Crippen LogP contribution is 2.24. The number of benzene rings is 2. The molecule has 2 aromatic carbocycles. The molecule has 170 valence electrons. The Morgan fingerprint density at radius 3 is 2.35 bits per heavy atom. The van der Waals surface area contributed by atoms with E-state index in [1.807, 2.05) is 24.3 Å². The van der Waals surface area contributed by atoms with E-state index in [4.69, 9.17) is 4.74 Å². The van der Waals surface area contributed by atoms with Gasteiger partial charge >= 0.3 is 0 Å². The van der Waals surface area contributed by atoms with Crippen LogP contribution >= 0.6 is 0 Å². The van der Waals surface area contributed by atoms with Gasteiger partial charge in [-0.3, -0.25) is 9.69 Å². The van der Waals surface area contributed by atoms with Crippen molar-refractivity contribution >= 4 is 15.9 Å². The number of ether oxygens (including phenoxy) is 1. The first-order valence-corrected chi connectivity index (χ1v) is 12.0. The highest BCUT2D eigenvalue weighted by molar-refractivity contribution is 7.89. The van der Waals surface area contributed by atoms with Crippen LogP contribution in [0.15, 0.2) is 53.4 Å². The smallest absolute Gasteiger partial charge is 0.251 e. The molecule has 0 spiro atoms. The third kappa shape index (κ3) is 6.78. The largest absolute Gasteiger partial charge is 0.497 e. The molecule has 0 saturated heterocycles. The zero-order valence-electron chi connectivity index (χ0n) is 18.9. The first-order valence-electron chi connectivity index (χ1n) is 10.5. The summed E-state index contributed by atoms with van der Waals surface area (Å²) in [5, 5.41) is 2.97. The molecule has 0 heterocycles. The molecule has 1 unspecified atom stereocenters. The maximum atomic E-state index is 12.8. The van der Waals surface area contributed by atoms with E-state index in [0.717, 1.165) is 24.4 Å². The number of sulfonamides is 1. The van der Waals surface area contributed by atoms with Crippen molar-refractivity contribution in [2.45, 2.75) is 44.7 Å². The van der Waals surface area contributed by atoms with Gasteiger partial charge in [-0.1, -0.05) is 32.0 Å². The molecule has 2 rings (SSSR count). The maximum Gasteiger partial charge on any atom is 0.251 e. The number of carbonyl (C=O) groups excluding carboxylic acids is 1. The molecular weight excluding hydrogens is 414 g/mol. The fraction of sp³-hybridized carbons (Fsp3) is 0.435. The van der Waals surface area contributed by atoms with Crippen molar-refractivity contribution in [1.82, 2.24) is 14.9 Å². The Morgan fingerprint density at radius 2 is 1.74 bits per heavy atom. The lowest BCUT2D eigenvalue weighted by molar-refractivity contribution is 0.0934. The summed E-state index contributed by atoms with van der Waals surface area (Å²) in [6, 6.07) is 13.6. The molecule has 7 nitrogen and oxygen atoms in total. The average Bonchev–Trinajstić information content (AvgIpc) is 2.75. The van der Waals surface area contributed by atoms with Crippen LogP contribution in [-0.2, 0) is 10.0 Å². The number of rotatable bonds is 11. The van der Waals surface area contributed by atoms with Crippen molar-refractivity contribution in [2.75, 3.05) is 26.7 Å². The molecule has 0 aliphatic rings. The van der Waals surface area contributed by atoms with E-state index in [1.54, 1.807) is 33.1 Å². The molecule has 31 heavy (non-hydrogen) atoms. The summed E-state index contributed by atoms with van der Waals surface area (Å²) in [5.74, 6) is 0.443. The van der Waals surface area contributed by atoms with Gasteiger partial charge in [-0.25, -0.2) is 13.1 Å². The summed E-state index contributed by atoms with van der Waals surface area (Å²) in [6.07, 6.45) is 0. The minimum atomic E-state index is -3.67. The summed E-state index contributed by atoms with van der Waals surface area (Å²) < 4.78 is 32.8. The van der Waals surface area contributed by atoms with Gasteiger partial charge in [-0.15, -0.1) is 0 Å². The van der Waals surface area contributed by atoms with Gasteiger partial charge in [-0.2, -0.15) is 0 Å². The number of carbonyl (C=O) groups is 1. The Bertz CT molecular complexity index is 972. The summed E-state index contributed by atoms with van der Waals surface area (Å²) in [7, 11) is -2.04. The predicted molar refractivity (Wildman–Crippen MR) is 123 cm³/mol. The van der Waals surface area contributed by atoms with Crippen molar-refractivity contribution in [3.8, 4) is 5.75 Å². The predicted octanol–water partition coefficient (Wildman–Crippen LogP) is 3.19. The van der Waals surface area contributed by atoms with E-state index in [0.29, 0.717) is 12.1 Å². The van der Waals surface area contributed by atoms with Gasteiger partial charge in [-0.05, 0) is 62.8 Å². The van der Waals surface area contributed by atoms with Crippen LogP contribution in [0.2, 0.25) is 0 Å². The van der Waals surface area contributed by atoms with Gasteiger partial charge in [0, 0.05) is 18.2 Å². The Hall–Kier alpha value is -2.42. The molecule has 1 amide bonds. The molecule has 0 fully saturated rings. The summed E-state index contributed by atoms with van der Waals surface area (Å²) in [4.78, 5) is 15.2. The number of hydrogen-bond acceptors (Lipinski definition) is 5. The van der Waals surface area contributed by atoms with E-state index in [-0.39, 0.29) is 22.9 Å². The molecule has 0 radical (unpaired) electrons. The van der Waals surface area contributed by atoms with E-state index in [2.05, 4.69) is 28.8 Å². The molecule has 2 N–H and O–H groups in total. The third-order valence-corrected chi connectivity index (χ3v) is 6.64. The van der Waals surface area contributed by atoms with Gasteiger partial charge in [0.1, 0.15) is 5.75 Å². The second-order valence-corrected chi connectivity index (χ2v) is 9.24. The molecule has 0 aromatic heterocycles. The van der Waals surface area contributed by atoms with Gasteiger partial charge in [0.05, 0.1) is 18.0 Å². The number of nitrogens with zero attached hydrogens (tertiary/aromatic N) is 1. The Labute approximate surface area is 185 Å². The van der Waals surface area contributed by atoms with Crippen molar-refractivity contribution < 1.29 is 17.9 Å². The fourth-order valence-corrected chi connectivity index (χ4v) is 4.74. The monoisotopic (exact) mass is 447 g/mol. The zero-order valence-corrected chi connectivity index (χ0v) is 19.7. The van der Waals surface area contributed by atoms with Crippen LogP contribution in [0.1, 0.15) is 49.7 Å². The molecular formula is C23H33N3O4S. The van der Waals surface area contributed by atoms with E-state index in [9.17, 15) is 13.2 Å². The van der Waals surface area contributed by atoms with Crippen molar-refractivity contribution in [3.05, 3.63) is 59.7 Å². The van der Waals surface area contributed by atoms with Gasteiger partial charge in [0.15, 0.2) is 0 Å². The fourth-order valence-electron chi connectivity index (χ4n) is 3.45. The normalized spacial score (nSPS) is 12.7. The standard InChI is InChI=1S/C23H33N3O4S/c1-6-26(7-2)22(18-10-8-12-20(14-18)30-5)16-24-23(27)19-11-9-13-21(15-19)31(28,29)25-17(3)4/h8-15,17,22,25H,6-7,16H2,1-5H3,(H,24,27). The van der Waals surface area contributed by atoms with Crippen molar-refractivity contribution in [1.29, 1.82) is 0 Å². The molecule has 0 aliphatic heterocycles. The van der Waals surface area contributed by atoms with Crippen molar-refractivity contribution in [2.24, 2.45) is 0 Å². The Morgan fingerprint density at radius 1 is 1.06 bits per heavy atom. The number of amides is 1. The van der Waals surface area contributed by atoms with Crippen LogP contribution in [0.3, 0.4) is 0 Å². The summed E-state index contributed by atoms with van der Waals surface area (Å²) >= 11 is 0. The van der Waals surface area contributed by atoms with Crippen LogP contribution in [0.25, 0.3) is 0 Å². The highest BCUT2D eigenvalue weighted by Gasteiger charge is 2.21. The zero-order chi connectivity index (χ0) is 23.0.